The molecule has 9 heteroatoms. The lowest BCUT2D eigenvalue weighted by Crippen LogP contribution is -2.07. The molecule has 0 aliphatic carbocycles. The monoisotopic (exact) mass is 442 g/mol. The van der Waals surface area contributed by atoms with Gasteiger partial charge in [0.05, 0.1) is 42.1 Å². The second-order valence-corrected chi connectivity index (χ2v) is 6.48. The molecule has 2 aromatic carbocycles. The average Bonchev–Trinajstić information content (AvgIpc) is 3.07. The molecule has 3 rings (SSSR count). The van der Waals surface area contributed by atoms with E-state index >= 15 is 0 Å². The van der Waals surface area contributed by atoms with Crippen molar-refractivity contribution in [1.29, 1.82) is 0 Å². The molecule has 3 aromatic rings. The number of carbonyl (C=O) groups is 1. The van der Waals surface area contributed by atoms with Gasteiger partial charge in [0.15, 0.2) is 5.69 Å². The van der Waals surface area contributed by atoms with Gasteiger partial charge in [0.2, 0.25) is 0 Å². The molecule has 1 heterocycles. The van der Waals surface area contributed by atoms with Crippen LogP contribution in [-0.2, 0) is 6.54 Å². The van der Waals surface area contributed by atoms with Crippen molar-refractivity contribution in [2.45, 2.75) is 6.54 Å². The molecule has 0 saturated carbocycles. The Morgan fingerprint density at radius 1 is 1.07 bits per heavy atom. The van der Waals surface area contributed by atoms with Crippen molar-refractivity contribution in [2.75, 3.05) is 14.2 Å². The molecule has 1 aromatic heterocycles. The van der Waals surface area contributed by atoms with Gasteiger partial charge in [-0.15, -0.1) is 12.4 Å². The quantitative estimate of drug-likeness (QED) is 0.577. The zero-order chi connectivity index (χ0) is 19.6. The number of ether oxygens (including phenoxy) is 2. The summed E-state index contributed by atoms with van der Waals surface area (Å²) in [7, 11) is 3.08. The van der Waals surface area contributed by atoms with Crippen LogP contribution in [0.1, 0.15) is 16.1 Å². The van der Waals surface area contributed by atoms with Crippen LogP contribution < -0.4 is 9.47 Å². The molecule has 0 aliphatic rings. The number of benzene rings is 2. The lowest BCUT2D eigenvalue weighted by molar-refractivity contribution is 0.0689. The Kier molecular flexibility index (Phi) is 7.18. The molecule has 0 amide bonds. The molecule has 28 heavy (non-hydrogen) atoms. The molecule has 0 radical (unpaired) electrons. The lowest BCUT2D eigenvalue weighted by atomic mass is 10.1. The number of halogens is 3. The first kappa shape index (κ1) is 21.9. The summed E-state index contributed by atoms with van der Waals surface area (Å²) >= 11 is 12.1. The van der Waals surface area contributed by atoms with E-state index in [-0.39, 0.29) is 18.1 Å². The minimum atomic E-state index is -1.13. The van der Waals surface area contributed by atoms with E-state index in [1.54, 1.807) is 41.1 Å². The maximum absolute atomic E-state index is 11.5. The molecule has 0 atom stereocenters. The molecule has 0 spiro atoms. The standard InChI is InChI=1S/C19H16Cl2N2O4.ClH/c1-26-16-4-3-5-17(27-2)18(16)15-9-14(19(24)25)22-23(15)10-11-6-7-12(20)13(21)8-11;/h3-9H,10H2,1-2H3,(H,24,25);1H. The smallest absolute Gasteiger partial charge is 0.356 e. The van der Waals surface area contributed by atoms with E-state index in [1.807, 2.05) is 0 Å². The minimum absolute atomic E-state index is 0. The predicted molar refractivity (Wildman–Crippen MR) is 111 cm³/mol. The van der Waals surface area contributed by atoms with Gasteiger partial charge in [-0.1, -0.05) is 35.3 Å². The van der Waals surface area contributed by atoms with Crippen LogP contribution in [0.15, 0.2) is 42.5 Å². The number of carboxylic acid groups (broad SMARTS) is 1. The predicted octanol–water partition coefficient (Wildman–Crippen LogP) is 5.04. The van der Waals surface area contributed by atoms with Crippen LogP contribution in [0.2, 0.25) is 10.0 Å². The van der Waals surface area contributed by atoms with E-state index in [9.17, 15) is 9.90 Å². The summed E-state index contributed by atoms with van der Waals surface area (Å²) < 4.78 is 12.5. The minimum Gasteiger partial charge on any atom is -0.496 e. The third-order valence-electron chi connectivity index (χ3n) is 4.00. The SMILES string of the molecule is COc1cccc(OC)c1-c1cc(C(=O)O)nn1Cc1ccc(Cl)c(Cl)c1.Cl. The Morgan fingerprint density at radius 3 is 2.25 bits per heavy atom. The van der Waals surface area contributed by atoms with Crippen molar-refractivity contribution in [1.82, 2.24) is 9.78 Å². The number of hydrogen-bond acceptors (Lipinski definition) is 4. The van der Waals surface area contributed by atoms with Gasteiger partial charge in [-0.2, -0.15) is 5.10 Å². The number of aromatic nitrogens is 2. The summed E-state index contributed by atoms with van der Waals surface area (Å²) in [5.74, 6) is -0.0406. The summed E-state index contributed by atoms with van der Waals surface area (Å²) in [5, 5.41) is 14.5. The number of rotatable bonds is 6. The van der Waals surface area contributed by atoms with Crippen LogP contribution in [0.3, 0.4) is 0 Å². The molecule has 0 bridgehead atoms. The molecule has 0 unspecified atom stereocenters. The molecule has 0 saturated heterocycles. The highest BCUT2D eigenvalue weighted by Gasteiger charge is 2.21. The van der Waals surface area contributed by atoms with Crippen molar-refractivity contribution in [3.63, 3.8) is 0 Å². The molecule has 1 N–H and O–H groups in total. The van der Waals surface area contributed by atoms with E-state index in [0.717, 1.165) is 5.56 Å². The van der Waals surface area contributed by atoms with Gasteiger partial charge in [-0.3, -0.25) is 4.68 Å². The van der Waals surface area contributed by atoms with E-state index in [4.69, 9.17) is 32.7 Å². The Morgan fingerprint density at radius 2 is 1.71 bits per heavy atom. The van der Waals surface area contributed by atoms with Gasteiger partial charge in [0.25, 0.3) is 0 Å². The summed E-state index contributed by atoms with van der Waals surface area (Å²) in [6, 6.07) is 12.0. The highest BCUT2D eigenvalue weighted by molar-refractivity contribution is 6.42. The summed E-state index contributed by atoms with van der Waals surface area (Å²) in [6.45, 7) is 0.292. The van der Waals surface area contributed by atoms with Gasteiger partial charge in [0, 0.05) is 0 Å². The molecule has 0 fully saturated rings. The van der Waals surface area contributed by atoms with Crippen molar-refractivity contribution < 1.29 is 19.4 Å². The molecule has 0 aliphatic heterocycles. The zero-order valence-corrected chi connectivity index (χ0v) is 17.3. The highest BCUT2D eigenvalue weighted by Crippen LogP contribution is 2.39. The van der Waals surface area contributed by atoms with Crippen LogP contribution in [0.4, 0.5) is 0 Å². The number of carboxylic acids is 1. The van der Waals surface area contributed by atoms with E-state index < -0.39 is 5.97 Å². The first-order valence-electron chi connectivity index (χ1n) is 7.91. The van der Waals surface area contributed by atoms with Crippen LogP contribution in [-0.4, -0.2) is 35.1 Å². The number of nitrogens with zero attached hydrogens (tertiary/aromatic N) is 2. The fourth-order valence-corrected chi connectivity index (χ4v) is 3.08. The molecular formula is C19H17Cl3N2O4. The van der Waals surface area contributed by atoms with Crippen molar-refractivity contribution in [3.8, 4) is 22.8 Å². The second-order valence-electron chi connectivity index (χ2n) is 5.66. The first-order valence-corrected chi connectivity index (χ1v) is 8.66. The third-order valence-corrected chi connectivity index (χ3v) is 4.74. The number of methoxy groups -OCH3 is 2. The van der Waals surface area contributed by atoms with Crippen LogP contribution >= 0.6 is 35.6 Å². The molecular weight excluding hydrogens is 427 g/mol. The van der Waals surface area contributed by atoms with Gasteiger partial charge in [-0.25, -0.2) is 4.79 Å². The molecule has 148 valence electrons. The van der Waals surface area contributed by atoms with Crippen LogP contribution in [0.5, 0.6) is 11.5 Å². The zero-order valence-electron chi connectivity index (χ0n) is 15.0. The summed E-state index contributed by atoms with van der Waals surface area (Å²) in [4.78, 5) is 11.5. The van der Waals surface area contributed by atoms with Gasteiger partial charge in [-0.05, 0) is 35.9 Å². The number of aromatic carboxylic acids is 1. The highest BCUT2D eigenvalue weighted by atomic mass is 35.5. The van der Waals surface area contributed by atoms with Crippen molar-refractivity contribution >= 4 is 41.6 Å². The first-order chi connectivity index (χ1) is 12.9. The van der Waals surface area contributed by atoms with E-state index in [1.165, 1.54) is 20.3 Å². The third kappa shape index (κ3) is 4.35. The number of hydrogen-bond donors (Lipinski definition) is 1. The maximum atomic E-state index is 11.5. The normalized spacial score (nSPS) is 10.3. The fraction of sp³-hybridized carbons (Fsp3) is 0.158. The van der Waals surface area contributed by atoms with E-state index in [0.29, 0.717) is 39.3 Å². The fourth-order valence-electron chi connectivity index (χ4n) is 2.76. The Balaban J connectivity index is 0.00000280. The summed E-state index contributed by atoms with van der Waals surface area (Å²) in [5.41, 5.74) is 1.90. The second kappa shape index (κ2) is 9.19. The Labute approximate surface area is 178 Å². The summed E-state index contributed by atoms with van der Waals surface area (Å²) in [6.07, 6.45) is 0. The topological polar surface area (TPSA) is 73.6 Å². The largest absolute Gasteiger partial charge is 0.496 e. The van der Waals surface area contributed by atoms with Crippen LogP contribution in [0.25, 0.3) is 11.3 Å². The van der Waals surface area contributed by atoms with E-state index in [2.05, 4.69) is 5.10 Å². The Hall–Kier alpha value is -2.41. The maximum Gasteiger partial charge on any atom is 0.356 e. The van der Waals surface area contributed by atoms with Crippen molar-refractivity contribution in [3.05, 3.63) is 63.8 Å². The average molecular weight is 444 g/mol. The Bertz CT molecular complexity index is 983. The van der Waals surface area contributed by atoms with Crippen molar-refractivity contribution in [2.24, 2.45) is 0 Å². The van der Waals surface area contributed by atoms with Crippen LogP contribution in [0, 0.1) is 0 Å². The molecule has 6 nitrogen and oxygen atoms in total. The van der Waals surface area contributed by atoms with Gasteiger partial charge < -0.3 is 14.6 Å². The van der Waals surface area contributed by atoms with Gasteiger partial charge >= 0.3 is 5.97 Å². The lowest BCUT2D eigenvalue weighted by Gasteiger charge is -2.15. The van der Waals surface area contributed by atoms with Gasteiger partial charge in [0.1, 0.15) is 11.5 Å².